The predicted octanol–water partition coefficient (Wildman–Crippen LogP) is 4.81. The zero-order valence-electron chi connectivity index (χ0n) is 10.4. The van der Waals surface area contributed by atoms with Crippen molar-refractivity contribution in [3.05, 3.63) is 59.5 Å². The lowest BCUT2D eigenvalue weighted by molar-refractivity contribution is 0.668. The van der Waals surface area contributed by atoms with Crippen molar-refractivity contribution < 1.29 is 4.42 Å². The summed E-state index contributed by atoms with van der Waals surface area (Å²) in [5, 5.41) is 2.09. The van der Waals surface area contributed by atoms with Gasteiger partial charge in [-0.1, -0.05) is 0 Å². The Balaban J connectivity index is 1.97. The zero-order chi connectivity index (χ0) is 13.5. The van der Waals surface area contributed by atoms with Gasteiger partial charge in [0, 0.05) is 39.4 Å². The van der Waals surface area contributed by atoms with E-state index in [1.165, 1.54) is 0 Å². The van der Waals surface area contributed by atoms with Crippen molar-refractivity contribution in [2.45, 2.75) is 0 Å². The number of hydrogen-bond acceptors (Lipinski definition) is 3. The maximum absolute atomic E-state index is 5.79. The Morgan fingerprint density at radius 1 is 0.900 bits per heavy atom. The number of aromatic nitrogens is 2. The normalized spacial score (nSPS) is 11.2. The first-order valence-corrected chi connectivity index (χ1v) is 6.99. The van der Waals surface area contributed by atoms with Gasteiger partial charge in [-0.05, 0) is 52.3 Å². The second-order valence-electron chi connectivity index (χ2n) is 4.55. The molecule has 0 saturated heterocycles. The summed E-state index contributed by atoms with van der Waals surface area (Å²) >= 11 is 3.40. The van der Waals surface area contributed by atoms with Crippen molar-refractivity contribution in [1.29, 1.82) is 0 Å². The number of rotatable bonds is 1. The summed E-state index contributed by atoms with van der Waals surface area (Å²) in [6.07, 6.45) is 5.37. The van der Waals surface area contributed by atoms with E-state index in [2.05, 4.69) is 32.0 Å². The second kappa shape index (κ2) is 4.42. The molecule has 0 fully saturated rings. The highest BCUT2D eigenvalue weighted by molar-refractivity contribution is 9.10. The second-order valence-corrected chi connectivity index (χ2v) is 5.46. The van der Waals surface area contributed by atoms with Gasteiger partial charge >= 0.3 is 0 Å². The zero-order valence-corrected chi connectivity index (χ0v) is 12.0. The Morgan fingerprint density at radius 3 is 2.65 bits per heavy atom. The first-order chi connectivity index (χ1) is 9.81. The number of hydrogen-bond donors (Lipinski definition) is 0. The molecule has 96 valence electrons. The van der Waals surface area contributed by atoms with Crippen LogP contribution < -0.4 is 0 Å². The van der Waals surface area contributed by atoms with Gasteiger partial charge in [-0.3, -0.25) is 9.97 Å². The van der Waals surface area contributed by atoms with E-state index >= 15 is 0 Å². The molecule has 3 nitrogen and oxygen atoms in total. The average molecular weight is 325 g/mol. The Morgan fingerprint density at radius 2 is 1.80 bits per heavy atom. The van der Waals surface area contributed by atoms with Crippen LogP contribution in [0.3, 0.4) is 0 Å². The van der Waals surface area contributed by atoms with E-state index in [4.69, 9.17) is 4.42 Å². The molecule has 0 aliphatic heterocycles. The number of halogens is 1. The maximum atomic E-state index is 5.79. The fourth-order valence-corrected chi connectivity index (χ4v) is 2.56. The topological polar surface area (TPSA) is 38.9 Å². The van der Waals surface area contributed by atoms with Gasteiger partial charge in [0.15, 0.2) is 0 Å². The van der Waals surface area contributed by atoms with Gasteiger partial charge in [0.1, 0.15) is 11.2 Å². The third-order valence-corrected chi connectivity index (χ3v) is 3.76. The number of fused-ring (bicyclic) bond motifs is 3. The summed E-state index contributed by atoms with van der Waals surface area (Å²) in [7, 11) is 0. The first kappa shape index (κ1) is 11.6. The lowest BCUT2D eigenvalue weighted by Crippen LogP contribution is -1.82. The minimum absolute atomic E-state index is 0.857. The molecule has 0 aliphatic rings. The molecule has 4 heteroatoms. The third-order valence-electron chi connectivity index (χ3n) is 3.29. The van der Waals surface area contributed by atoms with Crippen LogP contribution in [0.15, 0.2) is 63.9 Å². The van der Waals surface area contributed by atoms with E-state index in [-0.39, 0.29) is 0 Å². The molecule has 0 radical (unpaired) electrons. The minimum Gasteiger partial charge on any atom is -0.456 e. The maximum Gasteiger partial charge on any atom is 0.138 e. The molecule has 0 saturated carbocycles. The van der Waals surface area contributed by atoms with Gasteiger partial charge in [0.25, 0.3) is 0 Å². The molecule has 0 bridgehead atoms. The van der Waals surface area contributed by atoms with Crippen LogP contribution in [0.4, 0.5) is 0 Å². The van der Waals surface area contributed by atoms with Crippen LogP contribution in [0, 0.1) is 0 Å². The van der Waals surface area contributed by atoms with E-state index in [1.807, 2.05) is 36.5 Å². The molecule has 3 aromatic heterocycles. The Hall–Kier alpha value is -2.20. The molecule has 0 atom stereocenters. The molecular formula is C16H9BrN2O. The molecule has 0 spiro atoms. The van der Waals surface area contributed by atoms with Crippen LogP contribution in [-0.2, 0) is 0 Å². The first-order valence-electron chi connectivity index (χ1n) is 6.19. The fraction of sp³-hybridized carbons (Fsp3) is 0. The van der Waals surface area contributed by atoms with Gasteiger partial charge in [-0.25, -0.2) is 0 Å². The monoisotopic (exact) mass is 324 g/mol. The summed E-state index contributed by atoms with van der Waals surface area (Å²) in [6.45, 7) is 0. The number of pyridine rings is 2. The fourth-order valence-electron chi connectivity index (χ4n) is 2.33. The van der Waals surface area contributed by atoms with Crippen LogP contribution >= 0.6 is 15.9 Å². The standard InChI is InChI=1S/C16H9BrN2O/c17-11-2-3-14(19-8-11)10-1-4-15-12(7-10)13-9-18-6-5-16(13)20-15/h1-9H. The van der Waals surface area contributed by atoms with Crippen LogP contribution in [0.5, 0.6) is 0 Å². The summed E-state index contributed by atoms with van der Waals surface area (Å²) in [5.74, 6) is 0. The molecular weight excluding hydrogens is 316 g/mol. The van der Waals surface area contributed by atoms with Crippen molar-refractivity contribution in [3.63, 3.8) is 0 Å². The molecule has 4 rings (SSSR count). The quantitative estimate of drug-likeness (QED) is 0.504. The summed E-state index contributed by atoms with van der Waals surface area (Å²) in [6, 6.07) is 12.0. The highest BCUT2D eigenvalue weighted by Gasteiger charge is 2.08. The van der Waals surface area contributed by atoms with E-state index < -0.39 is 0 Å². The highest BCUT2D eigenvalue weighted by Crippen LogP contribution is 2.31. The van der Waals surface area contributed by atoms with E-state index in [1.54, 1.807) is 12.4 Å². The summed E-state index contributed by atoms with van der Waals surface area (Å²) in [5.41, 5.74) is 3.73. The largest absolute Gasteiger partial charge is 0.456 e. The lowest BCUT2D eigenvalue weighted by Gasteiger charge is -2.00. The van der Waals surface area contributed by atoms with E-state index in [0.717, 1.165) is 37.7 Å². The molecule has 1 aromatic carbocycles. The van der Waals surface area contributed by atoms with Crippen molar-refractivity contribution in [2.75, 3.05) is 0 Å². The summed E-state index contributed by atoms with van der Waals surface area (Å²) in [4.78, 5) is 8.59. The van der Waals surface area contributed by atoms with Crippen LogP contribution in [0.2, 0.25) is 0 Å². The predicted molar refractivity (Wildman–Crippen MR) is 82.4 cm³/mol. The van der Waals surface area contributed by atoms with Crippen molar-refractivity contribution in [2.24, 2.45) is 0 Å². The summed E-state index contributed by atoms with van der Waals surface area (Å²) < 4.78 is 6.77. The molecule has 0 amide bonds. The lowest BCUT2D eigenvalue weighted by atomic mass is 10.1. The van der Waals surface area contributed by atoms with Crippen molar-refractivity contribution in [3.8, 4) is 11.3 Å². The van der Waals surface area contributed by atoms with Crippen molar-refractivity contribution >= 4 is 37.9 Å². The van der Waals surface area contributed by atoms with Crippen LogP contribution in [0.1, 0.15) is 0 Å². The van der Waals surface area contributed by atoms with Gasteiger partial charge < -0.3 is 4.42 Å². The van der Waals surface area contributed by atoms with Gasteiger partial charge in [-0.15, -0.1) is 0 Å². The Bertz CT molecular complexity index is 913. The molecule has 0 aliphatic carbocycles. The van der Waals surface area contributed by atoms with Crippen molar-refractivity contribution in [1.82, 2.24) is 9.97 Å². The molecule has 4 aromatic rings. The number of furan rings is 1. The van der Waals surface area contributed by atoms with Gasteiger partial charge in [0.05, 0.1) is 5.69 Å². The number of nitrogens with zero attached hydrogens (tertiary/aromatic N) is 2. The molecule has 3 heterocycles. The van der Waals surface area contributed by atoms with Gasteiger partial charge in [-0.2, -0.15) is 0 Å². The van der Waals surface area contributed by atoms with E-state index in [0.29, 0.717) is 0 Å². The Labute approximate surface area is 123 Å². The molecule has 0 unspecified atom stereocenters. The van der Waals surface area contributed by atoms with Crippen LogP contribution in [-0.4, -0.2) is 9.97 Å². The van der Waals surface area contributed by atoms with Crippen LogP contribution in [0.25, 0.3) is 33.2 Å². The average Bonchev–Trinajstić information content (AvgIpc) is 2.86. The molecule has 0 N–H and O–H groups in total. The highest BCUT2D eigenvalue weighted by atomic mass is 79.9. The third kappa shape index (κ3) is 1.80. The smallest absolute Gasteiger partial charge is 0.138 e. The molecule has 20 heavy (non-hydrogen) atoms. The SMILES string of the molecule is Brc1ccc(-c2ccc3oc4ccncc4c3c2)nc1. The van der Waals surface area contributed by atoms with E-state index in [9.17, 15) is 0 Å². The van der Waals surface area contributed by atoms with Gasteiger partial charge in [0.2, 0.25) is 0 Å². The Kier molecular flexibility index (Phi) is 2.57. The minimum atomic E-state index is 0.857. The number of benzene rings is 1.